The first-order valence-corrected chi connectivity index (χ1v) is 19.1. The predicted molar refractivity (Wildman–Crippen MR) is 223 cm³/mol. The lowest BCUT2D eigenvalue weighted by molar-refractivity contribution is 1.02. The summed E-state index contributed by atoms with van der Waals surface area (Å²) in [6.07, 6.45) is 8.06. The third-order valence-corrected chi connectivity index (χ3v) is 13.0. The van der Waals surface area contributed by atoms with Crippen LogP contribution in [0.15, 0.2) is 164 Å². The molecule has 0 N–H and O–H groups in total. The largest absolute Gasteiger partial charge is 0.256 e. The number of allylic oxidation sites excluding steroid dienone is 4. The normalized spacial score (nSPS) is 17.0. The summed E-state index contributed by atoms with van der Waals surface area (Å²) >= 11 is 1.90. The van der Waals surface area contributed by atoms with Crippen LogP contribution in [0.1, 0.15) is 17.5 Å². The Hall–Kier alpha value is -6.09. The summed E-state index contributed by atoms with van der Waals surface area (Å²) in [5, 5.41) is 11.9. The van der Waals surface area contributed by atoms with Gasteiger partial charge in [0, 0.05) is 31.8 Å². The van der Waals surface area contributed by atoms with Crippen LogP contribution in [0, 0.1) is 11.8 Å². The standard InChI is InChI=1S/C50H31NS/c1-3-13-46-33(7-1)25-34(28-51-46)35-23-24-37(45-27-43(35)45)44-26-42(39-21-19-31-8-5-9-32-20-22-40(44)49(39)48(31)32)30-17-15-29(16-18-30)36-11-6-12-41-38-10-2-4-14-47(38)52-50(36)41/h1-26,28,43,45H,27H2. The molecule has 0 aliphatic heterocycles. The van der Waals surface area contributed by atoms with Gasteiger partial charge in [0.1, 0.15) is 0 Å². The van der Waals surface area contributed by atoms with E-state index in [1.54, 1.807) is 0 Å². The quantitative estimate of drug-likeness (QED) is 0.169. The Bertz CT molecular complexity index is 3140. The van der Waals surface area contributed by atoms with Crippen molar-refractivity contribution >= 4 is 85.9 Å². The van der Waals surface area contributed by atoms with E-state index in [9.17, 15) is 0 Å². The molecule has 2 heterocycles. The van der Waals surface area contributed by atoms with Crippen LogP contribution in [-0.2, 0) is 0 Å². The fourth-order valence-corrected chi connectivity index (χ4v) is 10.5. The summed E-state index contributed by atoms with van der Waals surface area (Å²) in [7, 11) is 0. The minimum Gasteiger partial charge on any atom is -0.256 e. The number of hydrogen-bond donors (Lipinski definition) is 0. The van der Waals surface area contributed by atoms with Crippen LogP contribution in [0.4, 0.5) is 0 Å². The number of pyridine rings is 1. The number of benzene rings is 8. The molecule has 242 valence electrons. The van der Waals surface area contributed by atoms with Crippen LogP contribution in [0.25, 0.3) is 96.8 Å². The maximum absolute atomic E-state index is 4.81. The molecule has 2 aliphatic rings. The maximum Gasteiger partial charge on any atom is 0.0702 e. The first kappa shape index (κ1) is 28.6. The van der Waals surface area contributed by atoms with Crippen molar-refractivity contribution in [1.29, 1.82) is 0 Å². The summed E-state index contributed by atoms with van der Waals surface area (Å²) in [5.74, 6) is 1.04. The summed E-state index contributed by atoms with van der Waals surface area (Å²) in [4.78, 5) is 4.81. The van der Waals surface area contributed by atoms with E-state index < -0.39 is 0 Å². The number of rotatable bonds is 4. The Morgan fingerprint density at radius 1 is 0.462 bits per heavy atom. The van der Waals surface area contributed by atoms with Crippen molar-refractivity contribution in [3.63, 3.8) is 0 Å². The van der Waals surface area contributed by atoms with Gasteiger partial charge < -0.3 is 0 Å². The highest BCUT2D eigenvalue weighted by atomic mass is 32.1. The highest BCUT2D eigenvalue weighted by Crippen LogP contribution is 2.58. The van der Waals surface area contributed by atoms with Gasteiger partial charge in [-0.2, -0.15) is 0 Å². The first-order chi connectivity index (χ1) is 25.8. The Morgan fingerprint density at radius 3 is 2.00 bits per heavy atom. The van der Waals surface area contributed by atoms with Crippen LogP contribution in [-0.4, -0.2) is 4.98 Å². The number of nitrogens with zero attached hydrogens (tertiary/aromatic N) is 1. The summed E-state index contributed by atoms with van der Waals surface area (Å²) < 4.78 is 2.70. The molecule has 2 aliphatic carbocycles. The molecule has 12 rings (SSSR count). The van der Waals surface area contributed by atoms with E-state index in [2.05, 4.69) is 164 Å². The summed E-state index contributed by atoms with van der Waals surface area (Å²) in [6.45, 7) is 0. The van der Waals surface area contributed by atoms with Crippen molar-refractivity contribution in [2.45, 2.75) is 6.42 Å². The summed E-state index contributed by atoms with van der Waals surface area (Å²) in [5.41, 5.74) is 11.7. The molecule has 52 heavy (non-hydrogen) atoms. The molecule has 10 aromatic rings. The first-order valence-electron chi connectivity index (χ1n) is 18.3. The number of hydrogen-bond acceptors (Lipinski definition) is 2. The van der Waals surface area contributed by atoms with E-state index in [1.165, 1.54) is 109 Å². The molecule has 0 saturated heterocycles. The van der Waals surface area contributed by atoms with E-state index in [-0.39, 0.29) is 0 Å². The minimum absolute atomic E-state index is 0.516. The molecule has 2 atom stereocenters. The second kappa shape index (κ2) is 10.7. The second-order valence-electron chi connectivity index (χ2n) is 14.6. The molecule has 1 nitrogen and oxygen atoms in total. The minimum atomic E-state index is 0.516. The van der Waals surface area contributed by atoms with Gasteiger partial charge in [-0.15, -0.1) is 11.3 Å². The van der Waals surface area contributed by atoms with E-state index in [4.69, 9.17) is 4.98 Å². The number of aromatic nitrogens is 1. The van der Waals surface area contributed by atoms with Crippen molar-refractivity contribution in [1.82, 2.24) is 4.98 Å². The van der Waals surface area contributed by atoms with E-state index in [1.807, 2.05) is 11.3 Å². The zero-order valence-corrected chi connectivity index (χ0v) is 29.1. The maximum atomic E-state index is 4.81. The van der Waals surface area contributed by atoms with Gasteiger partial charge in [-0.1, -0.05) is 133 Å². The molecule has 1 fully saturated rings. The second-order valence-corrected chi connectivity index (χ2v) is 15.7. The van der Waals surface area contributed by atoms with Crippen LogP contribution < -0.4 is 0 Å². The van der Waals surface area contributed by atoms with Crippen molar-refractivity contribution in [3.8, 4) is 22.3 Å². The van der Waals surface area contributed by atoms with Crippen LogP contribution in [0.2, 0.25) is 0 Å². The van der Waals surface area contributed by atoms with Crippen LogP contribution in [0.3, 0.4) is 0 Å². The molecule has 8 aromatic carbocycles. The molecule has 1 saturated carbocycles. The molecule has 0 spiro atoms. The van der Waals surface area contributed by atoms with E-state index >= 15 is 0 Å². The van der Waals surface area contributed by atoms with Gasteiger partial charge in [-0.3, -0.25) is 4.98 Å². The molecule has 2 heteroatoms. The molecular weight excluding hydrogens is 647 g/mol. The lowest BCUT2D eigenvalue weighted by Gasteiger charge is -2.21. The van der Waals surface area contributed by atoms with E-state index in [0.717, 1.165) is 5.52 Å². The molecule has 0 bridgehead atoms. The number of fused-ring (bicyclic) bond motifs is 5. The van der Waals surface area contributed by atoms with Crippen molar-refractivity contribution in [3.05, 3.63) is 175 Å². The van der Waals surface area contributed by atoms with Gasteiger partial charge in [0.25, 0.3) is 0 Å². The smallest absolute Gasteiger partial charge is 0.0702 e. The fraction of sp³-hybridized carbons (Fsp3) is 0.0600. The average molecular weight is 678 g/mol. The van der Waals surface area contributed by atoms with Gasteiger partial charge in [0.05, 0.1) is 5.52 Å². The van der Waals surface area contributed by atoms with Gasteiger partial charge >= 0.3 is 0 Å². The molecule has 2 aromatic heterocycles. The van der Waals surface area contributed by atoms with Crippen molar-refractivity contribution < 1.29 is 0 Å². The predicted octanol–water partition coefficient (Wildman–Crippen LogP) is 14.0. The molecule has 2 unspecified atom stereocenters. The summed E-state index contributed by atoms with van der Waals surface area (Å²) in [6, 6.07) is 54.2. The van der Waals surface area contributed by atoms with Gasteiger partial charge in [0.2, 0.25) is 0 Å². The Morgan fingerprint density at radius 2 is 1.13 bits per heavy atom. The lowest BCUT2D eigenvalue weighted by atomic mass is 9.82. The Balaban J connectivity index is 1.03. The molecular formula is C50H31NS. The highest BCUT2D eigenvalue weighted by Gasteiger charge is 2.45. The third-order valence-electron chi connectivity index (χ3n) is 11.8. The third kappa shape index (κ3) is 4.13. The van der Waals surface area contributed by atoms with Crippen molar-refractivity contribution in [2.24, 2.45) is 11.8 Å². The fourth-order valence-electron chi connectivity index (χ4n) is 9.25. The Labute approximate surface area is 305 Å². The zero-order valence-electron chi connectivity index (χ0n) is 28.3. The number of thiophene rings is 1. The molecule has 0 amide bonds. The van der Waals surface area contributed by atoms with Gasteiger partial charge in [0.15, 0.2) is 0 Å². The molecule has 0 radical (unpaired) electrons. The highest BCUT2D eigenvalue weighted by molar-refractivity contribution is 7.26. The number of para-hydroxylation sites is 1. The monoisotopic (exact) mass is 677 g/mol. The van der Waals surface area contributed by atoms with E-state index in [0.29, 0.717) is 11.8 Å². The SMILES string of the molecule is C1=C(c2cnc3ccccc3c2)C2CC2C(c2cc(-c3ccc(-c4cccc5c4sc4ccccc45)cc3)c3ccc4cccc5ccc2c3c54)=C1. The van der Waals surface area contributed by atoms with Crippen LogP contribution in [0.5, 0.6) is 0 Å². The van der Waals surface area contributed by atoms with Gasteiger partial charge in [-0.05, 0) is 119 Å². The topological polar surface area (TPSA) is 12.9 Å². The van der Waals surface area contributed by atoms with Crippen molar-refractivity contribution in [2.75, 3.05) is 0 Å². The average Bonchev–Trinajstić information content (AvgIpc) is 3.92. The zero-order chi connectivity index (χ0) is 33.9. The lowest BCUT2D eigenvalue weighted by Crippen LogP contribution is -2.00. The van der Waals surface area contributed by atoms with Gasteiger partial charge in [-0.25, -0.2) is 0 Å². The Kier molecular flexibility index (Phi) is 5.89. The van der Waals surface area contributed by atoms with Crippen LogP contribution >= 0.6 is 11.3 Å².